The van der Waals surface area contributed by atoms with Gasteiger partial charge >= 0.3 is 23.9 Å². The van der Waals surface area contributed by atoms with Crippen LogP contribution in [0.5, 0.6) is 11.5 Å². The van der Waals surface area contributed by atoms with E-state index in [1.54, 1.807) is 49.4 Å². The number of carboxylic acids is 4. The fraction of sp³-hybridized carbons (Fsp3) is 0.270. The van der Waals surface area contributed by atoms with Crippen LogP contribution in [0.15, 0.2) is 72.8 Å². The molecule has 51 heavy (non-hydrogen) atoms. The van der Waals surface area contributed by atoms with Gasteiger partial charge in [-0.3, -0.25) is 24.0 Å². The molecule has 0 saturated carbocycles. The molecule has 0 spiro atoms. The van der Waals surface area contributed by atoms with Gasteiger partial charge < -0.3 is 44.6 Å². The third kappa shape index (κ3) is 10.6. The highest BCUT2D eigenvalue weighted by Gasteiger charge is 2.21. The van der Waals surface area contributed by atoms with Crippen LogP contribution in [0.2, 0.25) is 0 Å². The molecule has 0 aliphatic carbocycles. The zero-order valence-electron chi connectivity index (χ0n) is 28.4. The van der Waals surface area contributed by atoms with Crippen molar-refractivity contribution in [1.29, 1.82) is 0 Å². The number of fused-ring (bicyclic) bond motifs is 1. The van der Waals surface area contributed by atoms with E-state index in [0.717, 1.165) is 32.5 Å². The van der Waals surface area contributed by atoms with Crippen molar-refractivity contribution in [2.24, 2.45) is 0 Å². The smallest absolute Gasteiger partial charge is 0.323 e. The second-order valence-corrected chi connectivity index (χ2v) is 11.9. The van der Waals surface area contributed by atoms with Gasteiger partial charge in [-0.15, -0.1) is 0 Å². The Kier molecular flexibility index (Phi) is 12.4. The van der Waals surface area contributed by atoms with Crippen molar-refractivity contribution >= 4 is 57.5 Å². The van der Waals surface area contributed by atoms with Crippen LogP contribution in [0, 0.1) is 6.92 Å². The Morgan fingerprint density at radius 2 is 1.10 bits per heavy atom. The monoisotopic (exact) mass is 701 g/mol. The normalized spacial score (nSPS) is 10.7. The second kappa shape index (κ2) is 16.9. The Bertz CT molecular complexity index is 1910. The van der Waals surface area contributed by atoms with Crippen LogP contribution in [0.3, 0.4) is 0 Å². The lowest BCUT2D eigenvalue weighted by Crippen LogP contribution is -2.35. The summed E-state index contributed by atoms with van der Waals surface area (Å²) in [6, 6.07) is 21.3. The van der Waals surface area contributed by atoms with Crippen LogP contribution in [-0.2, 0) is 25.7 Å². The van der Waals surface area contributed by atoms with Gasteiger partial charge in [-0.25, -0.2) is 0 Å². The minimum Gasteiger partial charge on any atom is -0.488 e. The maximum Gasteiger partial charge on any atom is 0.323 e. The zero-order valence-corrected chi connectivity index (χ0v) is 28.4. The maximum atomic E-state index is 11.8. The molecule has 0 unspecified atom stereocenters. The van der Waals surface area contributed by atoms with Gasteiger partial charge in [-0.05, 0) is 78.2 Å². The highest BCUT2D eigenvalue weighted by Crippen LogP contribution is 2.33. The molecule has 0 aliphatic rings. The molecular formula is C37H39N3O11. The van der Waals surface area contributed by atoms with Crippen molar-refractivity contribution < 1.29 is 53.9 Å². The minimum atomic E-state index is -1.24. The Balaban J connectivity index is 1.58. The number of carbonyl (C=O) groups excluding carboxylic acids is 1. The lowest BCUT2D eigenvalue weighted by atomic mass is 10.0. The number of hydrogen-bond donors (Lipinski definition) is 4. The molecule has 0 atom stereocenters. The zero-order chi connectivity index (χ0) is 37.2. The highest BCUT2D eigenvalue weighted by molar-refractivity contribution is 5.99. The Morgan fingerprint density at radius 1 is 0.608 bits per heavy atom. The number of ketones is 1. The molecule has 4 N–H and O–H groups in total. The van der Waals surface area contributed by atoms with Crippen LogP contribution in [-0.4, -0.2) is 96.5 Å². The first-order valence-corrected chi connectivity index (χ1v) is 15.8. The van der Waals surface area contributed by atoms with E-state index in [9.17, 15) is 44.4 Å². The van der Waals surface area contributed by atoms with Gasteiger partial charge in [-0.1, -0.05) is 30.3 Å². The van der Waals surface area contributed by atoms with Gasteiger partial charge in [0.05, 0.1) is 11.4 Å². The standard InChI is InChI=1S/C37H39N3O11/c1-23-4-10-30(39(19-34(42)43)20-35(44)45)32(14-23)50-12-13-51-33-15-25(5-11-31(33)40(21-36(46)47)22-37(48)49)18-38(3)29-9-8-27-16-26(24(2)41)6-7-28(27)17-29/h4-11,14-17H,12-13,18-22H2,1-3H3,(H,42,43)(H,44,45)(H,46,47)(H,48,49). The lowest BCUT2D eigenvalue weighted by Gasteiger charge is -2.26. The molecule has 0 amide bonds. The molecule has 4 aromatic rings. The van der Waals surface area contributed by atoms with Gasteiger partial charge in [-0.2, -0.15) is 0 Å². The van der Waals surface area contributed by atoms with Crippen molar-refractivity contribution in [3.05, 3.63) is 89.5 Å². The molecule has 0 radical (unpaired) electrons. The van der Waals surface area contributed by atoms with Crippen molar-refractivity contribution in [3.8, 4) is 11.5 Å². The maximum absolute atomic E-state index is 11.8. The predicted molar refractivity (Wildman–Crippen MR) is 190 cm³/mol. The van der Waals surface area contributed by atoms with E-state index in [2.05, 4.69) is 0 Å². The number of ether oxygens (including phenoxy) is 2. The van der Waals surface area contributed by atoms with Gasteiger partial charge in [0.2, 0.25) is 0 Å². The number of benzene rings is 4. The lowest BCUT2D eigenvalue weighted by molar-refractivity contribution is -0.138. The molecule has 0 saturated heterocycles. The van der Waals surface area contributed by atoms with Crippen molar-refractivity contribution in [1.82, 2.24) is 0 Å². The van der Waals surface area contributed by atoms with Crippen molar-refractivity contribution in [2.45, 2.75) is 20.4 Å². The van der Waals surface area contributed by atoms with Crippen LogP contribution in [0.4, 0.5) is 17.1 Å². The van der Waals surface area contributed by atoms with Crippen LogP contribution in [0.1, 0.15) is 28.4 Å². The first kappa shape index (κ1) is 37.5. The van der Waals surface area contributed by atoms with Crippen LogP contribution < -0.4 is 24.2 Å². The molecule has 0 fully saturated rings. The van der Waals surface area contributed by atoms with E-state index in [-0.39, 0.29) is 41.9 Å². The summed E-state index contributed by atoms with van der Waals surface area (Å²) in [7, 11) is 1.89. The highest BCUT2D eigenvalue weighted by atomic mass is 16.5. The fourth-order valence-corrected chi connectivity index (χ4v) is 5.50. The summed E-state index contributed by atoms with van der Waals surface area (Å²) in [5.74, 6) is -4.48. The number of hydrogen-bond acceptors (Lipinski definition) is 10. The van der Waals surface area contributed by atoms with Gasteiger partial charge in [0.25, 0.3) is 0 Å². The summed E-state index contributed by atoms with van der Waals surface area (Å²) in [4.78, 5) is 62.3. The van der Waals surface area contributed by atoms with Gasteiger partial charge in [0.15, 0.2) is 5.78 Å². The topological polar surface area (TPSA) is 194 Å². The van der Waals surface area contributed by atoms with E-state index in [4.69, 9.17) is 9.47 Å². The molecular weight excluding hydrogens is 662 g/mol. The Labute approximate surface area is 293 Å². The van der Waals surface area contributed by atoms with E-state index < -0.39 is 50.1 Å². The number of aliphatic carboxylic acids is 4. The van der Waals surface area contributed by atoms with Crippen molar-refractivity contribution in [2.75, 3.05) is 61.1 Å². The van der Waals surface area contributed by atoms with E-state index in [0.29, 0.717) is 12.1 Å². The van der Waals surface area contributed by atoms with E-state index >= 15 is 0 Å². The number of Topliss-reactive ketones (excluding diaryl/α,β-unsaturated/α-hetero) is 1. The minimum absolute atomic E-state index is 0.0190. The quantitative estimate of drug-likeness (QED) is 0.0794. The fourth-order valence-electron chi connectivity index (χ4n) is 5.50. The molecule has 4 aromatic carbocycles. The number of anilines is 3. The molecule has 0 bridgehead atoms. The average Bonchev–Trinajstić information content (AvgIpc) is 3.05. The first-order valence-electron chi connectivity index (χ1n) is 15.8. The van der Waals surface area contributed by atoms with Gasteiger partial charge in [0.1, 0.15) is 50.9 Å². The number of carbonyl (C=O) groups is 5. The number of rotatable bonds is 19. The summed E-state index contributed by atoms with van der Waals surface area (Å²) in [5, 5.41) is 39.6. The summed E-state index contributed by atoms with van der Waals surface area (Å²) < 4.78 is 12.0. The molecule has 14 nitrogen and oxygen atoms in total. The molecule has 0 aromatic heterocycles. The summed E-state index contributed by atoms with van der Waals surface area (Å²) in [6.07, 6.45) is 0. The second-order valence-electron chi connectivity index (χ2n) is 11.9. The first-order chi connectivity index (χ1) is 24.2. The number of carboxylic acid groups (broad SMARTS) is 4. The molecule has 268 valence electrons. The molecule has 0 heterocycles. The summed E-state index contributed by atoms with van der Waals surface area (Å²) in [5.41, 5.74) is 3.57. The largest absolute Gasteiger partial charge is 0.488 e. The summed E-state index contributed by atoms with van der Waals surface area (Å²) in [6.45, 7) is 1.20. The van der Waals surface area contributed by atoms with Crippen LogP contribution in [0.25, 0.3) is 10.8 Å². The molecule has 0 aliphatic heterocycles. The third-order valence-electron chi connectivity index (χ3n) is 7.81. The van der Waals surface area contributed by atoms with Gasteiger partial charge in [0, 0.05) is 24.8 Å². The van der Waals surface area contributed by atoms with Crippen LogP contribution >= 0.6 is 0 Å². The molecule has 4 rings (SSSR count). The summed E-state index contributed by atoms with van der Waals surface area (Å²) >= 11 is 0. The predicted octanol–water partition coefficient (Wildman–Crippen LogP) is 4.40. The SMILES string of the molecule is CC(=O)c1ccc2cc(N(C)Cc3ccc(N(CC(=O)O)CC(=O)O)c(OCCOc4cc(C)ccc4N(CC(=O)O)CC(=O)O)c3)ccc2c1. The number of aryl methyl sites for hydroxylation is 1. The van der Waals surface area contributed by atoms with E-state index in [1.807, 2.05) is 42.3 Å². The number of nitrogens with zero attached hydrogens (tertiary/aromatic N) is 3. The van der Waals surface area contributed by atoms with Crippen molar-refractivity contribution in [3.63, 3.8) is 0 Å². The van der Waals surface area contributed by atoms with E-state index in [1.165, 1.54) is 11.8 Å². The molecule has 14 heteroatoms. The Morgan fingerprint density at radius 3 is 1.63 bits per heavy atom. The third-order valence-corrected chi connectivity index (χ3v) is 7.81. The average molecular weight is 702 g/mol. The Hall–Kier alpha value is -6.31.